The molecule has 14 heavy (non-hydrogen) atoms. The van der Waals surface area contributed by atoms with Crippen molar-refractivity contribution in [3.8, 4) is 0 Å². The molecular formula is C12H17IO. The molecule has 1 nitrogen and oxygen atoms in total. The largest absolute Gasteiger partial charge is 0.377 e. The lowest BCUT2D eigenvalue weighted by molar-refractivity contribution is -0.0346. The van der Waals surface area contributed by atoms with E-state index in [4.69, 9.17) is 4.74 Å². The monoisotopic (exact) mass is 304 g/mol. The first-order chi connectivity index (χ1) is 6.86. The van der Waals surface area contributed by atoms with Gasteiger partial charge in [-0.25, -0.2) is 0 Å². The summed E-state index contributed by atoms with van der Waals surface area (Å²) in [5.41, 5.74) is 1.80. The average Bonchev–Trinajstić information content (AvgIpc) is 2.39. The maximum Gasteiger partial charge on any atom is 0.0641 e. The molecule has 0 unspecified atom stereocenters. The van der Waals surface area contributed by atoms with Crippen LogP contribution in [-0.2, 0) is 4.74 Å². The van der Waals surface area contributed by atoms with Crippen LogP contribution in [-0.4, -0.2) is 12.7 Å². The smallest absolute Gasteiger partial charge is 0.0641 e. The SMILES string of the molecule is IC1=C2[C@@H](CO[C@H]3CCCCC[C@H]23)C1. The molecule has 1 saturated carbocycles. The molecule has 3 rings (SSSR count). The van der Waals surface area contributed by atoms with Crippen molar-refractivity contribution in [2.45, 2.75) is 44.6 Å². The molecule has 0 N–H and O–H groups in total. The van der Waals surface area contributed by atoms with E-state index in [9.17, 15) is 0 Å². The Morgan fingerprint density at radius 1 is 1.14 bits per heavy atom. The molecule has 2 aliphatic carbocycles. The maximum absolute atomic E-state index is 6.01. The summed E-state index contributed by atoms with van der Waals surface area (Å²) >= 11 is 2.55. The van der Waals surface area contributed by atoms with E-state index in [2.05, 4.69) is 22.6 Å². The molecule has 0 aromatic carbocycles. The lowest BCUT2D eigenvalue weighted by atomic mass is 9.72. The summed E-state index contributed by atoms with van der Waals surface area (Å²) in [6, 6.07) is 0. The standard InChI is InChI=1S/C12H17IO/c13-10-6-8-7-14-11-5-3-1-2-4-9(11)12(8)10/h8-9,11H,1-7H2/t8-,9+,11+/m1/s1. The van der Waals surface area contributed by atoms with Crippen molar-refractivity contribution < 1.29 is 4.74 Å². The highest BCUT2D eigenvalue weighted by Crippen LogP contribution is 2.50. The molecule has 0 spiro atoms. The Bertz CT molecular complexity index is 271. The van der Waals surface area contributed by atoms with E-state index < -0.39 is 0 Å². The second-order valence-corrected chi connectivity index (χ2v) is 6.18. The third-order valence-corrected chi connectivity index (χ3v) is 5.11. The van der Waals surface area contributed by atoms with Gasteiger partial charge in [-0.2, -0.15) is 0 Å². The number of hydrogen-bond acceptors (Lipinski definition) is 1. The average molecular weight is 304 g/mol. The first-order valence-electron chi connectivity index (χ1n) is 5.86. The van der Waals surface area contributed by atoms with Crippen LogP contribution in [0.1, 0.15) is 38.5 Å². The summed E-state index contributed by atoms with van der Waals surface area (Å²) in [5, 5.41) is 0. The second-order valence-electron chi connectivity index (χ2n) is 4.88. The molecule has 3 aliphatic rings. The van der Waals surface area contributed by atoms with Gasteiger partial charge in [0.2, 0.25) is 0 Å². The number of ether oxygens (including phenoxy) is 1. The van der Waals surface area contributed by atoms with Crippen LogP contribution in [0.4, 0.5) is 0 Å². The Hall–Kier alpha value is 0.430. The Labute approximate surface area is 99.4 Å². The van der Waals surface area contributed by atoms with Crippen LogP contribution in [0.15, 0.2) is 9.15 Å². The molecule has 1 saturated heterocycles. The van der Waals surface area contributed by atoms with E-state index in [1.54, 1.807) is 9.15 Å². The van der Waals surface area contributed by atoms with Crippen molar-refractivity contribution >= 4 is 22.6 Å². The van der Waals surface area contributed by atoms with Crippen molar-refractivity contribution in [1.82, 2.24) is 0 Å². The molecule has 0 bridgehead atoms. The van der Waals surface area contributed by atoms with Crippen molar-refractivity contribution in [2.24, 2.45) is 11.8 Å². The normalized spacial score (nSPS) is 42.2. The Kier molecular flexibility index (Phi) is 2.60. The fourth-order valence-electron chi connectivity index (χ4n) is 3.26. The quantitative estimate of drug-likeness (QED) is 0.620. The molecule has 3 atom stereocenters. The summed E-state index contributed by atoms with van der Waals surface area (Å²) in [5.74, 6) is 1.61. The first kappa shape index (κ1) is 9.64. The van der Waals surface area contributed by atoms with Crippen molar-refractivity contribution in [3.63, 3.8) is 0 Å². The third kappa shape index (κ3) is 1.45. The molecule has 2 heteroatoms. The van der Waals surface area contributed by atoms with Gasteiger partial charge in [0.1, 0.15) is 0 Å². The fraction of sp³-hybridized carbons (Fsp3) is 0.833. The lowest BCUT2D eigenvalue weighted by Gasteiger charge is -2.44. The molecular weight excluding hydrogens is 287 g/mol. The fourth-order valence-corrected chi connectivity index (χ4v) is 4.63. The maximum atomic E-state index is 6.01. The summed E-state index contributed by atoms with van der Waals surface area (Å²) in [6.45, 7) is 1.02. The number of fused-ring (bicyclic) bond motifs is 3. The molecule has 1 aliphatic heterocycles. The van der Waals surface area contributed by atoms with Crippen LogP contribution in [0.5, 0.6) is 0 Å². The van der Waals surface area contributed by atoms with Gasteiger partial charge in [-0.1, -0.05) is 19.3 Å². The predicted molar refractivity (Wildman–Crippen MR) is 65.5 cm³/mol. The number of hydrogen-bond donors (Lipinski definition) is 0. The van der Waals surface area contributed by atoms with Gasteiger partial charge in [0.25, 0.3) is 0 Å². The highest BCUT2D eigenvalue weighted by Gasteiger charge is 2.42. The van der Waals surface area contributed by atoms with Gasteiger partial charge in [0.15, 0.2) is 0 Å². The minimum atomic E-state index is 0.578. The van der Waals surface area contributed by atoms with Gasteiger partial charge in [0.05, 0.1) is 12.7 Å². The third-order valence-electron chi connectivity index (χ3n) is 4.04. The van der Waals surface area contributed by atoms with Crippen LogP contribution in [0.25, 0.3) is 0 Å². The van der Waals surface area contributed by atoms with E-state index >= 15 is 0 Å². The Morgan fingerprint density at radius 2 is 2.00 bits per heavy atom. The molecule has 2 fully saturated rings. The van der Waals surface area contributed by atoms with Crippen molar-refractivity contribution in [3.05, 3.63) is 9.15 Å². The summed E-state index contributed by atoms with van der Waals surface area (Å²) < 4.78 is 7.67. The Morgan fingerprint density at radius 3 is 2.86 bits per heavy atom. The summed E-state index contributed by atoms with van der Waals surface area (Å²) in [7, 11) is 0. The van der Waals surface area contributed by atoms with Gasteiger partial charge >= 0.3 is 0 Å². The zero-order chi connectivity index (χ0) is 9.54. The van der Waals surface area contributed by atoms with Gasteiger partial charge in [-0.15, -0.1) is 0 Å². The Balaban J connectivity index is 1.86. The highest BCUT2D eigenvalue weighted by molar-refractivity contribution is 14.1. The lowest BCUT2D eigenvalue weighted by Crippen LogP contribution is -2.40. The van der Waals surface area contributed by atoms with Crippen LogP contribution in [0, 0.1) is 11.8 Å². The van der Waals surface area contributed by atoms with E-state index in [0.29, 0.717) is 6.10 Å². The van der Waals surface area contributed by atoms with Crippen molar-refractivity contribution in [2.75, 3.05) is 6.61 Å². The summed E-state index contributed by atoms with van der Waals surface area (Å²) in [6.07, 6.45) is 8.81. The molecule has 1 heterocycles. The molecule has 0 amide bonds. The van der Waals surface area contributed by atoms with Crippen LogP contribution < -0.4 is 0 Å². The van der Waals surface area contributed by atoms with Crippen LogP contribution >= 0.6 is 22.6 Å². The van der Waals surface area contributed by atoms with E-state index in [-0.39, 0.29) is 0 Å². The zero-order valence-corrected chi connectivity index (χ0v) is 10.6. The van der Waals surface area contributed by atoms with E-state index in [0.717, 1.165) is 18.4 Å². The predicted octanol–water partition coefficient (Wildman–Crippen LogP) is 3.67. The number of allylic oxidation sites excluding steroid dienone is 1. The molecule has 0 aromatic rings. The summed E-state index contributed by atoms with van der Waals surface area (Å²) in [4.78, 5) is 0. The van der Waals surface area contributed by atoms with Crippen LogP contribution in [0.3, 0.4) is 0 Å². The van der Waals surface area contributed by atoms with Gasteiger partial charge in [-0.3, -0.25) is 0 Å². The van der Waals surface area contributed by atoms with E-state index in [1.807, 2.05) is 0 Å². The minimum absolute atomic E-state index is 0.578. The van der Waals surface area contributed by atoms with Gasteiger partial charge < -0.3 is 4.74 Å². The highest BCUT2D eigenvalue weighted by atomic mass is 127. The number of rotatable bonds is 0. The second kappa shape index (κ2) is 3.78. The van der Waals surface area contributed by atoms with Crippen molar-refractivity contribution in [1.29, 1.82) is 0 Å². The van der Waals surface area contributed by atoms with Gasteiger partial charge in [0, 0.05) is 11.8 Å². The zero-order valence-electron chi connectivity index (χ0n) is 8.47. The van der Waals surface area contributed by atoms with Crippen LogP contribution in [0.2, 0.25) is 0 Å². The minimum Gasteiger partial charge on any atom is -0.377 e. The van der Waals surface area contributed by atoms with E-state index in [1.165, 1.54) is 38.5 Å². The topological polar surface area (TPSA) is 9.23 Å². The molecule has 0 radical (unpaired) electrons. The molecule has 78 valence electrons. The molecule has 0 aromatic heterocycles. The first-order valence-corrected chi connectivity index (χ1v) is 6.94. The van der Waals surface area contributed by atoms with Gasteiger partial charge in [-0.05, 0) is 51.0 Å². The number of halogens is 1.